The molecule has 0 aliphatic rings. The van der Waals surface area contributed by atoms with Crippen molar-refractivity contribution < 1.29 is 0 Å². The lowest BCUT2D eigenvalue weighted by Gasteiger charge is -2.22. The van der Waals surface area contributed by atoms with E-state index in [9.17, 15) is 0 Å². The molecule has 0 amide bonds. The van der Waals surface area contributed by atoms with E-state index < -0.39 is 0 Å². The number of nitrogens with one attached hydrogen (secondary N) is 1. The van der Waals surface area contributed by atoms with Crippen molar-refractivity contribution in [2.75, 3.05) is 6.54 Å². The lowest BCUT2D eigenvalue weighted by Crippen LogP contribution is -2.24. The van der Waals surface area contributed by atoms with Crippen molar-refractivity contribution >= 4 is 34.2 Å². The Morgan fingerprint density at radius 1 is 1.05 bits per heavy atom. The molecular weight excluding hydrogens is 369 g/mol. The van der Waals surface area contributed by atoms with Crippen LogP contribution < -0.4 is 5.32 Å². The Morgan fingerprint density at radius 3 is 2.32 bits per heavy atom. The average Bonchev–Trinajstić information content (AvgIpc) is 2.42. The molecule has 0 bridgehead atoms. The minimum absolute atomic E-state index is 0.154. The van der Waals surface area contributed by atoms with Gasteiger partial charge in [0.1, 0.15) is 0 Å². The van der Waals surface area contributed by atoms with Crippen molar-refractivity contribution in [3.63, 3.8) is 0 Å². The highest BCUT2D eigenvalue weighted by Crippen LogP contribution is 2.30. The molecule has 0 aliphatic heterocycles. The molecule has 0 saturated heterocycles. The zero-order chi connectivity index (χ0) is 13.7. The van der Waals surface area contributed by atoms with E-state index in [1.165, 1.54) is 9.13 Å². The lowest BCUT2D eigenvalue weighted by molar-refractivity contribution is 0.597. The highest BCUT2D eigenvalue weighted by Gasteiger charge is 2.17. The first-order chi connectivity index (χ1) is 9.24. The van der Waals surface area contributed by atoms with E-state index in [2.05, 4.69) is 65.2 Å². The highest BCUT2D eigenvalue weighted by molar-refractivity contribution is 14.1. The number of halogens is 2. The Morgan fingerprint density at radius 2 is 1.68 bits per heavy atom. The third kappa shape index (κ3) is 3.71. The summed E-state index contributed by atoms with van der Waals surface area (Å²) >= 11 is 8.74. The average molecular weight is 386 g/mol. The van der Waals surface area contributed by atoms with Crippen LogP contribution in [0.4, 0.5) is 0 Å². The fourth-order valence-electron chi connectivity index (χ4n) is 2.09. The SMILES string of the molecule is CCCNC(c1ccccc1Cl)c1ccccc1I. The van der Waals surface area contributed by atoms with Crippen LogP contribution >= 0.6 is 34.2 Å². The quantitative estimate of drug-likeness (QED) is 0.712. The lowest BCUT2D eigenvalue weighted by atomic mass is 9.98. The second-order valence-electron chi connectivity index (χ2n) is 4.43. The van der Waals surface area contributed by atoms with Crippen LogP contribution in [0.5, 0.6) is 0 Å². The molecule has 0 fully saturated rings. The molecule has 0 spiro atoms. The Kier molecular flexibility index (Phi) is 5.67. The molecule has 0 heterocycles. The normalized spacial score (nSPS) is 12.4. The van der Waals surface area contributed by atoms with Gasteiger partial charge in [0.25, 0.3) is 0 Å². The van der Waals surface area contributed by atoms with Gasteiger partial charge in [-0.05, 0) is 58.8 Å². The molecule has 100 valence electrons. The van der Waals surface area contributed by atoms with Gasteiger partial charge in [-0.2, -0.15) is 0 Å². The topological polar surface area (TPSA) is 12.0 Å². The first kappa shape index (κ1) is 14.8. The maximum Gasteiger partial charge on any atom is 0.0601 e. The van der Waals surface area contributed by atoms with Crippen LogP contribution in [-0.2, 0) is 0 Å². The molecule has 1 N–H and O–H groups in total. The Bertz CT molecular complexity index is 496. The summed E-state index contributed by atoms with van der Waals surface area (Å²) in [7, 11) is 0. The second kappa shape index (κ2) is 7.27. The van der Waals surface area contributed by atoms with Gasteiger partial charge in [0.15, 0.2) is 0 Å². The fourth-order valence-corrected chi connectivity index (χ4v) is 3.04. The fraction of sp³-hybridized carbons (Fsp3) is 0.250. The predicted octanol–water partition coefficient (Wildman–Crippen LogP) is 5.03. The third-order valence-electron chi connectivity index (χ3n) is 3.03. The monoisotopic (exact) mass is 385 g/mol. The summed E-state index contributed by atoms with van der Waals surface area (Å²) in [5, 5.41) is 4.41. The van der Waals surface area contributed by atoms with Crippen molar-refractivity contribution in [1.82, 2.24) is 5.32 Å². The van der Waals surface area contributed by atoms with Gasteiger partial charge in [0, 0.05) is 8.59 Å². The van der Waals surface area contributed by atoms with Crippen LogP contribution in [0.2, 0.25) is 5.02 Å². The molecule has 1 nitrogen and oxygen atoms in total. The van der Waals surface area contributed by atoms with Gasteiger partial charge in [-0.15, -0.1) is 0 Å². The van der Waals surface area contributed by atoms with Crippen LogP contribution in [-0.4, -0.2) is 6.54 Å². The van der Waals surface area contributed by atoms with Crippen LogP contribution in [0.3, 0.4) is 0 Å². The minimum Gasteiger partial charge on any atom is -0.306 e. The maximum absolute atomic E-state index is 6.36. The van der Waals surface area contributed by atoms with Crippen molar-refractivity contribution in [2.45, 2.75) is 19.4 Å². The van der Waals surface area contributed by atoms with Crippen LogP contribution in [0.15, 0.2) is 48.5 Å². The third-order valence-corrected chi connectivity index (χ3v) is 4.36. The van der Waals surface area contributed by atoms with Crippen molar-refractivity contribution in [3.05, 3.63) is 68.3 Å². The van der Waals surface area contributed by atoms with Gasteiger partial charge < -0.3 is 5.32 Å². The van der Waals surface area contributed by atoms with Crippen molar-refractivity contribution in [2.24, 2.45) is 0 Å². The molecule has 2 rings (SSSR count). The zero-order valence-electron chi connectivity index (χ0n) is 10.9. The van der Waals surface area contributed by atoms with Gasteiger partial charge in [-0.1, -0.05) is 54.9 Å². The largest absolute Gasteiger partial charge is 0.306 e. The summed E-state index contributed by atoms with van der Waals surface area (Å²) in [6.07, 6.45) is 1.10. The molecule has 0 aromatic heterocycles. The van der Waals surface area contributed by atoms with Gasteiger partial charge >= 0.3 is 0 Å². The van der Waals surface area contributed by atoms with E-state index in [4.69, 9.17) is 11.6 Å². The van der Waals surface area contributed by atoms with Crippen molar-refractivity contribution in [3.8, 4) is 0 Å². The molecule has 0 aliphatic carbocycles. The van der Waals surface area contributed by atoms with Crippen LogP contribution in [0.25, 0.3) is 0 Å². The minimum atomic E-state index is 0.154. The smallest absolute Gasteiger partial charge is 0.0601 e. The van der Waals surface area contributed by atoms with Crippen LogP contribution in [0, 0.1) is 3.57 Å². The molecule has 0 radical (unpaired) electrons. The molecule has 0 saturated carbocycles. The first-order valence-electron chi connectivity index (χ1n) is 6.46. The van der Waals surface area contributed by atoms with Gasteiger partial charge in [-0.25, -0.2) is 0 Å². The Labute approximate surface area is 133 Å². The summed E-state index contributed by atoms with van der Waals surface area (Å²) in [4.78, 5) is 0. The molecule has 3 heteroatoms. The summed E-state index contributed by atoms with van der Waals surface area (Å²) in [5.41, 5.74) is 2.42. The first-order valence-corrected chi connectivity index (χ1v) is 7.92. The Hall–Kier alpha value is -0.580. The van der Waals surface area contributed by atoms with E-state index in [0.717, 1.165) is 23.6 Å². The molecule has 19 heavy (non-hydrogen) atoms. The summed E-state index contributed by atoms with van der Waals surface area (Å²) < 4.78 is 1.26. The highest BCUT2D eigenvalue weighted by atomic mass is 127. The maximum atomic E-state index is 6.36. The van der Waals surface area contributed by atoms with Crippen molar-refractivity contribution in [1.29, 1.82) is 0 Å². The van der Waals surface area contributed by atoms with E-state index in [1.54, 1.807) is 0 Å². The van der Waals surface area contributed by atoms with E-state index in [1.807, 2.05) is 18.2 Å². The second-order valence-corrected chi connectivity index (χ2v) is 6.00. The molecule has 1 atom stereocenters. The zero-order valence-corrected chi connectivity index (χ0v) is 13.8. The van der Waals surface area contributed by atoms with E-state index in [0.29, 0.717) is 0 Å². The number of hydrogen-bond acceptors (Lipinski definition) is 1. The summed E-state index contributed by atoms with van der Waals surface area (Å²) in [5.74, 6) is 0. The molecule has 2 aromatic carbocycles. The molecular formula is C16H17ClIN. The standard InChI is InChI=1S/C16H17ClIN/c1-2-11-19-16(12-7-3-5-9-14(12)17)13-8-4-6-10-15(13)18/h3-10,16,19H,2,11H2,1H3. The van der Waals surface area contributed by atoms with E-state index >= 15 is 0 Å². The van der Waals surface area contributed by atoms with Gasteiger partial charge in [-0.3, -0.25) is 0 Å². The van der Waals surface area contributed by atoms with E-state index in [-0.39, 0.29) is 6.04 Å². The predicted molar refractivity (Wildman–Crippen MR) is 90.7 cm³/mol. The number of benzene rings is 2. The molecule has 2 aromatic rings. The Balaban J connectivity index is 2.42. The summed E-state index contributed by atoms with van der Waals surface area (Å²) in [6.45, 7) is 3.15. The number of rotatable bonds is 5. The molecule has 1 unspecified atom stereocenters. The van der Waals surface area contributed by atoms with Gasteiger partial charge in [0.05, 0.1) is 6.04 Å². The number of hydrogen-bond donors (Lipinski definition) is 1. The van der Waals surface area contributed by atoms with Gasteiger partial charge in [0.2, 0.25) is 0 Å². The summed E-state index contributed by atoms with van der Waals surface area (Å²) in [6, 6.07) is 16.7. The van der Waals surface area contributed by atoms with Crippen LogP contribution in [0.1, 0.15) is 30.5 Å².